The molecule has 1 aromatic heterocycles. The van der Waals surface area contributed by atoms with Gasteiger partial charge in [-0.25, -0.2) is 0 Å². The smallest absolute Gasteiger partial charge is 0.244 e. The molecule has 0 radical (unpaired) electrons. The Morgan fingerprint density at radius 3 is 2.60 bits per heavy atom. The van der Waals surface area contributed by atoms with Gasteiger partial charge in [0.05, 0.1) is 6.04 Å². The highest BCUT2D eigenvalue weighted by molar-refractivity contribution is 14.1. The molecule has 0 saturated heterocycles. The molecule has 2 rings (SSSR count). The first-order chi connectivity index (χ1) is 9.54. The summed E-state index contributed by atoms with van der Waals surface area (Å²) in [5.74, 6) is 0.488. The van der Waals surface area contributed by atoms with Gasteiger partial charge in [-0.05, 0) is 65.4 Å². The number of hydrogen-bond donors (Lipinski definition) is 1. The number of nitrogens with one attached hydrogen (secondary N) is 1. The fraction of sp³-hybridized carbons (Fsp3) is 0.133. The topological polar surface area (TPSA) is 42.2 Å². The predicted octanol–water partition coefficient (Wildman–Crippen LogP) is 4.43. The van der Waals surface area contributed by atoms with E-state index in [1.807, 2.05) is 31.2 Å². The highest BCUT2D eigenvalue weighted by atomic mass is 127. The van der Waals surface area contributed by atoms with Crippen molar-refractivity contribution in [2.24, 2.45) is 0 Å². The zero-order chi connectivity index (χ0) is 14.5. The Hall–Kier alpha value is -1.27. The molecule has 0 aliphatic carbocycles. The van der Waals surface area contributed by atoms with Gasteiger partial charge in [-0.2, -0.15) is 0 Å². The summed E-state index contributed by atoms with van der Waals surface area (Å²) >= 11 is 7.91. The molecule has 0 aliphatic rings. The van der Waals surface area contributed by atoms with Crippen LogP contribution in [0.15, 0.2) is 46.9 Å². The largest absolute Gasteiger partial charge is 0.451 e. The lowest BCUT2D eigenvalue weighted by atomic mass is 10.1. The van der Waals surface area contributed by atoms with Crippen LogP contribution in [0.4, 0.5) is 0 Å². The minimum atomic E-state index is -0.168. The molecule has 104 valence electrons. The van der Waals surface area contributed by atoms with Gasteiger partial charge >= 0.3 is 0 Å². The van der Waals surface area contributed by atoms with Crippen molar-refractivity contribution in [2.45, 2.75) is 13.0 Å². The summed E-state index contributed by atoms with van der Waals surface area (Å²) in [6, 6.07) is 11.0. The van der Waals surface area contributed by atoms with E-state index in [9.17, 15) is 4.79 Å². The number of hydrogen-bond acceptors (Lipinski definition) is 2. The first kappa shape index (κ1) is 15.1. The Labute approximate surface area is 136 Å². The lowest BCUT2D eigenvalue weighted by Gasteiger charge is -2.12. The maximum atomic E-state index is 11.8. The molecule has 1 aromatic carbocycles. The Kier molecular flexibility index (Phi) is 5.25. The molecule has 0 fully saturated rings. The van der Waals surface area contributed by atoms with Crippen LogP contribution in [0.5, 0.6) is 0 Å². The highest BCUT2D eigenvalue weighted by Crippen LogP contribution is 2.16. The number of furan rings is 1. The second kappa shape index (κ2) is 6.95. The van der Waals surface area contributed by atoms with E-state index in [-0.39, 0.29) is 11.9 Å². The summed E-state index contributed by atoms with van der Waals surface area (Å²) in [5.41, 5.74) is 1.00. The van der Waals surface area contributed by atoms with E-state index in [1.54, 1.807) is 18.2 Å². The third-order valence-electron chi connectivity index (χ3n) is 2.72. The van der Waals surface area contributed by atoms with Crippen LogP contribution in [0.25, 0.3) is 6.08 Å². The molecule has 0 bridgehead atoms. The second-order valence-corrected chi connectivity index (χ2v) is 5.76. The van der Waals surface area contributed by atoms with Crippen molar-refractivity contribution in [2.75, 3.05) is 0 Å². The minimum absolute atomic E-state index is 0.0823. The van der Waals surface area contributed by atoms with Crippen molar-refractivity contribution in [3.63, 3.8) is 0 Å². The van der Waals surface area contributed by atoms with Crippen molar-refractivity contribution < 1.29 is 9.21 Å². The fourth-order valence-corrected chi connectivity index (χ4v) is 2.23. The van der Waals surface area contributed by atoms with Gasteiger partial charge < -0.3 is 9.73 Å². The third kappa shape index (κ3) is 4.38. The monoisotopic (exact) mass is 401 g/mol. The molecule has 1 N–H and O–H groups in total. The molecular weight excluding hydrogens is 389 g/mol. The number of carbonyl (C=O) groups is 1. The summed E-state index contributed by atoms with van der Waals surface area (Å²) in [7, 11) is 0. The Morgan fingerprint density at radius 1 is 1.30 bits per heavy atom. The van der Waals surface area contributed by atoms with Crippen LogP contribution in [0.1, 0.15) is 24.3 Å². The van der Waals surface area contributed by atoms with Gasteiger partial charge in [0.15, 0.2) is 3.77 Å². The van der Waals surface area contributed by atoms with Crippen molar-refractivity contribution >= 4 is 46.2 Å². The summed E-state index contributed by atoms with van der Waals surface area (Å²) in [6.45, 7) is 1.92. The number of carbonyl (C=O) groups excluding carboxylic acids is 1. The maximum Gasteiger partial charge on any atom is 0.244 e. The Balaban J connectivity index is 1.94. The molecule has 5 heteroatoms. The van der Waals surface area contributed by atoms with E-state index in [2.05, 4.69) is 27.9 Å². The average molecular weight is 402 g/mol. The molecule has 2 aromatic rings. The number of rotatable bonds is 4. The Bertz CT molecular complexity index is 619. The van der Waals surface area contributed by atoms with Gasteiger partial charge in [-0.1, -0.05) is 23.7 Å². The van der Waals surface area contributed by atoms with Crippen LogP contribution in [0, 0.1) is 3.77 Å². The van der Waals surface area contributed by atoms with E-state index >= 15 is 0 Å². The van der Waals surface area contributed by atoms with Crippen molar-refractivity contribution in [1.29, 1.82) is 0 Å². The van der Waals surface area contributed by atoms with Crippen molar-refractivity contribution in [3.05, 3.63) is 62.6 Å². The molecule has 20 heavy (non-hydrogen) atoms. The minimum Gasteiger partial charge on any atom is -0.451 e. The number of amides is 1. The second-order valence-electron chi connectivity index (χ2n) is 4.26. The molecule has 1 atom stereocenters. The molecule has 1 heterocycles. The SMILES string of the molecule is CC(NC(=O)/C=C/c1ccc(I)o1)c1ccc(Cl)cc1. The Morgan fingerprint density at radius 2 is 2.00 bits per heavy atom. The average Bonchev–Trinajstić information content (AvgIpc) is 2.83. The molecule has 1 amide bonds. The van der Waals surface area contributed by atoms with Gasteiger partial charge in [0.1, 0.15) is 5.76 Å². The number of halogens is 2. The third-order valence-corrected chi connectivity index (χ3v) is 3.55. The molecule has 3 nitrogen and oxygen atoms in total. The number of benzene rings is 1. The predicted molar refractivity (Wildman–Crippen MR) is 88.5 cm³/mol. The van der Waals surface area contributed by atoms with E-state index < -0.39 is 0 Å². The standard InChI is InChI=1S/C15H13ClINO2/c1-10(11-2-4-12(16)5-3-11)18-15(19)9-7-13-6-8-14(17)20-13/h2-10H,1H3,(H,18,19)/b9-7+. The van der Waals surface area contributed by atoms with Crippen LogP contribution >= 0.6 is 34.2 Å². The summed E-state index contributed by atoms with van der Waals surface area (Å²) in [5, 5.41) is 3.56. The van der Waals surface area contributed by atoms with Crippen LogP contribution in [0.3, 0.4) is 0 Å². The highest BCUT2D eigenvalue weighted by Gasteiger charge is 2.07. The van der Waals surface area contributed by atoms with Gasteiger partial charge in [0, 0.05) is 11.1 Å². The summed E-state index contributed by atoms with van der Waals surface area (Å²) < 4.78 is 6.13. The molecule has 0 saturated carbocycles. The lowest BCUT2D eigenvalue weighted by molar-refractivity contribution is -0.117. The summed E-state index contributed by atoms with van der Waals surface area (Å²) in [6.07, 6.45) is 3.10. The molecular formula is C15H13ClINO2. The van der Waals surface area contributed by atoms with Gasteiger partial charge in [0.25, 0.3) is 0 Å². The molecule has 1 unspecified atom stereocenters. The molecule has 0 aliphatic heterocycles. The van der Waals surface area contributed by atoms with Gasteiger partial charge in [-0.15, -0.1) is 0 Å². The van der Waals surface area contributed by atoms with E-state index in [0.29, 0.717) is 10.8 Å². The van der Waals surface area contributed by atoms with Crippen molar-refractivity contribution in [3.8, 4) is 0 Å². The van der Waals surface area contributed by atoms with E-state index in [4.69, 9.17) is 16.0 Å². The fourth-order valence-electron chi connectivity index (χ4n) is 1.67. The first-order valence-electron chi connectivity index (χ1n) is 6.04. The normalized spacial score (nSPS) is 12.6. The van der Waals surface area contributed by atoms with Gasteiger partial charge in [-0.3, -0.25) is 4.79 Å². The molecule has 0 spiro atoms. The summed E-state index contributed by atoms with van der Waals surface area (Å²) in [4.78, 5) is 11.8. The van der Waals surface area contributed by atoms with Crippen molar-refractivity contribution in [1.82, 2.24) is 5.32 Å². The van der Waals surface area contributed by atoms with Crippen LogP contribution in [-0.2, 0) is 4.79 Å². The van der Waals surface area contributed by atoms with Crippen LogP contribution in [0.2, 0.25) is 5.02 Å². The van der Waals surface area contributed by atoms with Crippen LogP contribution < -0.4 is 5.32 Å². The van der Waals surface area contributed by atoms with Gasteiger partial charge in [0.2, 0.25) is 5.91 Å². The quantitative estimate of drug-likeness (QED) is 0.608. The van der Waals surface area contributed by atoms with E-state index in [0.717, 1.165) is 9.33 Å². The zero-order valence-electron chi connectivity index (χ0n) is 10.8. The lowest BCUT2D eigenvalue weighted by Crippen LogP contribution is -2.24. The first-order valence-corrected chi connectivity index (χ1v) is 7.49. The zero-order valence-corrected chi connectivity index (χ0v) is 13.7. The van der Waals surface area contributed by atoms with E-state index in [1.165, 1.54) is 6.08 Å². The maximum absolute atomic E-state index is 11.8. The van der Waals surface area contributed by atoms with Crippen LogP contribution in [-0.4, -0.2) is 5.91 Å².